The number of halogens is 4. The predicted octanol–water partition coefficient (Wildman–Crippen LogP) is 2.92. The quantitative estimate of drug-likeness (QED) is 0.602. The maximum absolute atomic E-state index is 11.8. The van der Waals surface area contributed by atoms with Crippen LogP contribution in [0.5, 0.6) is 0 Å². The first-order valence-corrected chi connectivity index (χ1v) is 4.33. The van der Waals surface area contributed by atoms with Gasteiger partial charge in [-0.05, 0) is 12.1 Å². The molecule has 1 aromatic rings. The topological polar surface area (TPSA) is 30.2 Å². The normalized spacial score (nSPS) is 11.7. The van der Waals surface area contributed by atoms with E-state index in [1.165, 1.54) is 6.07 Å². The fourth-order valence-corrected chi connectivity index (χ4v) is 1.01. The largest absolute Gasteiger partial charge is 0.458 e. The summed E-state index contributed by atoms with van der Waals surface area (Å²) in [6.07, 6.45) is -4.87. The van der Waals surface area contributed by atoms with Crippen LogP contribution in [0, 0.1) is 0 Å². The van der Waals surface area contributed by atoms with E-state index in [-0.39, 0.29) is 11.1 Å². The molecule has 0 aliphatic heterocycles. The fraction of sp³-hybridized carbons (Fsp3) is 0.286. The van der Waals surface area contributed by atoms with Crippen LogP contribution in [0.1, 0.15) is 16.3 Å². The number of ketones is 1. The number of furan rings is 1. The molecule has 13 heavy (non-hydrogen) atoms. The van der Waals surface area contributed by atoms with Crippen molar-refractivity contribution in [1.82, 2.24) is 0 Å². The second kappa shape index (κ2) is 3.53. The summed E-state index contributed by atoms with van der Waals surface area (Å²) in [5.74, 6) is -2.35. The highest BCUT2D eigenvalue weighted by Gasteiger charge is 2.41. The fourth-order valence-electron chi connectivity index (χ4n) is 0.711. The number of hydrogen-bond acceptors (Lipinski definition) is 2. The number of rotatable bonds is 2. The number of carbonyl (C=O) groups excluding carboxylic acids is 1. The third kappa shape index (κ3) is 2.33. The van der Waals surface area contributed by atoms with Gasteiger partial charge in [0.25, 0.3) is 0 Å². The van der Waals surface area contributed by atoms with E-state index in [9.17, 15) is 18.0 Å². The van der Waals surface area contributed by atoms with Gasteiger partial charge in [0, 0.05) is 0 Å². The first-order valence-electron chi connectivity index (χ1n) is 3.21. The Labute approximate surface area is 79.8 Å². The highest BCUT2D eigenvalue weighted by Crippen LogP contribution is 2.23. The molecular formula is C7H4BrF3O2. The molecule has 0 saturated carbocycles. The van der Waals surface area contributed by atoms with Crippen molar-refractivity contribution in [2.45, 2.75) is 11.5 Å². The van der Waals surface area contributed by atoms with Crippen LogP contribution in [-0.4, -0.2) is 12.0 Å². The zero-order valence-electron chi connectivity index (χ0n) is 6.19. The molecule has 6 heteroatoms. The summed E-state index contributed by atoms with van der Waals surface area (Å²) in [5, 5.41) is 0.276. The Morgan fingerprint density at radius 3 is 2.46 bits per heavy atom. The molecular weight excluding hydrogens is 253 g/mol. The second-order valence-corrected chi connectivity index (χ2v) is 2.79. The Kier molecular flexibility index (Phi) is 2.80. The van der Waals surface area contributed by atoms with Gasteiger partial charge in [0.15, 0.2) is 5.76 Å². The van der Waals surface area contributed by atoms with Crippen LogP contribution in [-0.2, 0) is 5.33 Å². The van der Waals surface area contributed by atoms with Crippen molar-refractivity contribution in [3.8, 4) is 0 Å². The summed E-state index contributed by atoms with van der Waals surface area (Å²) in [6.45, 7) is 0. The molecule has 1 aromatic heterocycles. The first-order chi connectivity index (χ1) is 5.95. The van der Waals surface area contributed by atoms with E-state index in [4.69, 9.17) is 0 Å². The van der Waals surface area contributed by atoms with Crippen molar-refractivity contribution in [3.63, 3.8) is 0 Å². The van der Waals surface area contributed by atoms with Crippen molar-refractivity contribution in [3.05, 3.63) is 23.7 Å². The molecule has 0 fully saturated rings. The van der Waals surface area contributed by atoms with Crippen LogP contribution in [0.4, 0.5) is 13.2 Å². The summed E-state index contributed by atoms with van der Waals surface area (Å²) >= 11 is 2.98. The van der Waals surface area contributed by atoms with Gasteiger partial charge in [0.05, 0.1) is 5.33 Å². The van der Waals surface area contributed by atoms with Gasteiger partial charge in [-0.2, -0.15) is 13.2 Å². The lowest BCUT2D eigenvalue weighted by Crippen LogP contribution is -2.22. The molecule has 0 radical (unpaired) electrons. The Hall–Kier alpha value is -0.780. The summed E-state index contributed by atoms with van der Waals surface area (Å²) in [4.78, 5) is 10.6. The minimum absolute atomic E-state index is 0.276. The molecule has 0 saturated heterocycles. The molecule has 72 valence electrons. The van der Waals surface area contributed by atoms with Gasteiger partial charge >= 0.3 is 12.0 Å². The number of alkyl halides is 4. The van der Waals surface area contributed by atoms with Gasteiger partial charge in [-0.1, -0.05) is 15.9 Å². The summed E-state index contributed by atoms with van der Waals surface area (Å²) in [6, 6.07) is 2.32. The number of carbonyl (C=O) groups is 1. The Balaban J connectivity index is 2.90. The summed E-state index contributed by atoms with van der Waals surface area (Å²) < 4.78 is 40.1. The first kappa shape index (κ1) is 10.3. The minimum atomic E-state index is -4.87. The smallest absolute Gasteiger partial charge is 0.457 e. The van der Waals surface area contributed by atoms with E-state index in [0.717, 1.165) is 6.07 Å². The molecule has 1 rings (SSSR count). The Morgan fingerprint density at radius 1 is 1.46 bits per heavy atom. The second-order valence-electron chi connectivity index (χ2n) is 2.23. The average Bonchev–Trinajstić information content (AvgIpc) is 2.48. The monoisotopic (exact) mass is 256 g/mol. The van der Waals surface area contributed by atoms with E-state index in [1.807, 2.05) is 0 Å². The van der Waals surface area contributed by atoms with Crippen LogP contribution >= 0.6 is 15.9 Å². The molecule has 0 amide bonds. The van der Waals surface area contributed by atoms with Gasteiger partial charge in [-0.15, -0.1) is 0 Å². The van der Waals surface area contributed by atoms with Crippen LogP contribution < -0.4 is 0 Å². The zero-order chi connectivity index (χ0) is 10.1. The highest BCUT2D eigenvalue weighted by molar-refractivity contribution is 9.08. The van der Waals surface area contributed by atoms with E-state index in [1.54, 1.807) is 0 Å². The third-order valence-electron chi connectivity index (χ3n) is 1.27. The van der Waals surface area contributed by atoms with E-state index >= 15 is 0 Å². The molecule has 0 aromatic carbocycles. The van der Waals surface area contributed by atoms with Crippen molar-refractivity contribution in [2.75, 3.05) is 0 Å². The lowest BCUT2D eigenvalue weighted by molar-refractivity contribution is -0.0899. The standard InChI is InChI=1S/C7H4BrF3O2/c8-3-4-1-2-5(13-4)6(12)7(9,10)11/h1-2H,3H2. The molecule has 1 heterocycles. The van der Waals surface area contributed by atoms with Crippen molar-refractivity contribution < 1.29 is 22.4 Å². The van der Waals surface area contributed by atoms with Gasteiger partial charge in [-0.3, -0.25) is 4.79 Å². The zero-order valence-corrected chi connectivity index (χ0v) is 7.78. The lowest BCUT2D eigenvalue weighted by atomic mass is 10.3. The predicted molar refractivity (Wildman–Crippen MR) is 41.7 cm³/mol. The van der Waals surface area contributed by atoms with Gasteiger partial charge in [-0.25, -0.2) is 0 Å². The van der Waals surface area contributed by atoms with Crippen molar-refractivity contribution in [1.29, 1.82) is 0 Å². The van der Waals surface area contributed by atoms with Crippen LogP contribution in [0.15, 0.2) is 16.5 Å². The average molecular weight is 257 g/mol. The molecule has 0 aliphatic rings. The van der Waals surface area contributed by atoms with Crippen LogP contribution in [0.3, 0.4) is 0 Å². The van der Waals surface area contributed by atoms with Crippen molar-refractivity contribution >= 4 is 21.7 Å². The van der Waals surface area contributed by atoms with Crippen LogP contribution in [0.2, 0.25) is 0 Å². The maximum Gasteiger partial charge on any atom is 0.458 e. The van der Waals surface area contributed by atoms with Crippen molar-refractivity contribution in [2.24, 2.45) is 0 Å². The number of Topliss-reactive ketones (excluding diaryl/α,β-unsaturated/α-hetero) is 1. The lowest BCUT2D eigenvalue weighted by Gasteiger charge is -2.00. The van der Waals surface area contributed by atoms with E-state index < -0.39 is 17.7 Å². The number of hydrogen-bond donors (Lipinski definition) is 0. The van der Waals surface area contributed by atoms with E-state index in [0.29, 0.717) is 0 Å². The molecule has 0 aliphatic carbocycles. The molecule has 0 bridgehead atoms. The van der Waals surface area contributed by atoms with Gasteiger partial charge in [0.1, 0.15) is 5.76 Å². The molecule has 0 spiro atoms. The van der Waals surface area contributed by atoms with Crippen LogP contribution in [0.25, 0.3) is 0 Å². The molecule has 0 atom stereocenters. The summed E-state index contributed by atoms with van der Waals surface area (Å²) in [7, 11) is 0. The summed E-state index contributed by atoms with van der Waals surface area (Å²) in [5.41, 5.74) is 0. The van der Waals surface area contributed by atoms with Gasteiger partial charge in [0.2, 0.25) is 0 Å². The maximum atomic E-state index is 11.8. The molecule has 0 unspecified atom stereocenters. The Morgan fingerprint density at radius 2 is 2.08 bits per heavy atom. The highest BCUT2D eigenvalue weighted by atomic mass is 79.9. The van der Waals surface area contributed by atoms with E-state index in [2.05, 4.69) is 20.3 Å². The molecule has 0 N–H and O–H groups in total. The van der Waals surface area contributed by atoms with Gasteiger partial charge < -0.3 is 4.42 Å². The third-order valence-corrected chi connectivity index (χ3v) is 1.83. The SMILES string of the molecule is O=C(c1ccc(CBr)o1)C(F)(F)F. The Bertz CT molecular complexity index is 316. The minimum Gasteiger partial charge on any atom is -0.457 e. The molecule has 2 nitrogen and oxygen atoms in total.